The van der Waals surface area contributed by atoms with Gasteiger partial charge in [0.1, 0.15) is 5.75 Å². The second kappa shape index (κ2) is 8.92. The number of hydrogen-bond acceptors (Lipinski definition) is 3. The van der Waals surface area contributed by atoms with Gasteiger partial charge in [-0.1, -0.05) is 13.8 Å². The van der Waals surface area contributed by atoms with E-state index in [9.17, 15) is 0 Å². The molecule has 0 amide bonds. The van der Waals surface area contributed by atoms with Crippen molar-refractivity contribution < 1.29 is 4.74 Å². The smallest absolute Gasteiger partial charge is 0.137 e. The molecule has 3 heteroatoms. The molecular formula is C15H26N2O. The lowest BCUT2D eigenvalue weighted by molar-refractivity contribution is 0.303. The minimum atomic E-state index is 0.738. The summed E-state index contributed by atoms with van der Waals surface area (Å²) in [5.74, 6) is 1.61. The second-order valence-corrected chi connectivity index (χ2v) is 5.14. The van der Waals surface area contributed by atoms with Crippen LogP contribution in [0.1, 0.15) is 38.8 Å². The number of unbranched alkanes of at least 4 members (excludes halogenated alkanes) is 2. The monoisotopic (exact) mass is 250 g/mol. The Balaban J connectivity index is 1.94. The zero-order valence-electron chi connectivity index (χ0n) is 11.9. The topological polar surface area (TPSA) is 34.1 Å². The minimum Gasteiger partial charge on any atom is -0.492 e. The minimum absolute atomic E-state index is 0.738. The third kappa shape index (κ3) is 7.28. The first-order chi connectivity index (χ1) is 8.68. The van der Waals surface area contributed by atoms with Crippen molar-refractivity contribution in [2.24, 2.45) is 5.92 Å². The molecule has 1 N–H and O–H groups in total. The van der Waals surface area contributed by atoms with E-state index in [1.807, 2.05) is 19.1 Å². The van der Waals surface area contributed by atoms with Crippen LogP contribution < -0.4 is 10.1 Å². The summed E-state index contributed by atoms with van der Waals surface area (Å²) in [5.41, 5.74) is 1.03. The van der Waals surface area contributed by atoms with Gasteiger partial charge >= 0.3 is 0 Å². The van der Waals surface area contributed by atoms with Crippen LogP contribution in [0.4, 0.5) is 0 Å². The maximum absolute atomic E-state index is 5.62. The Kier molecular flexibility index (Phi) is 7.42. The first kappa shape index (κ1) is 15.0. The maximum atomic E-state index is 5.62. The molecule has 0 atom stereocenters. The zero-order valence-corrected chi connectivity index (χ0v) is 11.9. The van der Waals surface area contributed by atoms with Crippen LogP contribution in [0.2, 0.25) is 0 Å². The Hall–Kier alpha value is -1.09. The molecule has 0 unspecified atom stereocenters. The summed E-state index contributed by atoms with van der Waals surface area (Å²) < 4.78 is 5.62. The van der Waals surface area contributed by atoms with Gasteiger partial charge in [0.2, 0.25) is 0 Å². The lowest BCUT2D eigenvalue weighted by atomic mass is 10.2. The lowest BCUT2D eigenvalue weighted by Gasteiger charge is -2.08. The van der Waals surface area contributed by atoms with Gasteiger partial charge in [-0.25, -0.2) is 0 Å². The van der Waals surface area contributed by atoms with Gasteiger partial charge in [0, 0.05) is 5.69 Å². The third-order valence-corrected chi connectivity index (χ3v) is 2.70. The number of nitrogens with zero attached hydrogens (tertiary/aromatic N) is 1. The molecule has 0 saturated carbocycles. The molecule has 0 fully saturated rings. The molecule has 0 radical (unpaired) electrons. The van der Waals surface area contributed by atoms with Crippen LogP contribution in [-0.4, -0.2) is 24.7 Å². The van der Waals surface area contributed by atoms with Crippen LogP contribution in [0.15, 0.2) is 18.3 Å². The molecule has 0 bridgehead atoms. The highest BCUT2D eigenvalue weighted by Gasteiger charge is 1.95. The molecule has 1 heterocycles. The fourth-order valence-corrected chi connectivity index (χ4v) is 1.65. The van der Waals surface area contributed by atoms with Gasteiger partial charge in [0.15, 0.2) is 0 Å². The Labute approximate surface area is 111 Å². The fourth-order valence-electron chi connectivity index (χ4n) is 1.65. The highest BCUT2D eigenvalue weighted by Crippen LogP contribution is 2.09. The van der Waals surface area contributed by atoms with E-state index in [0.717, 1.165) is 43.5 Å². The van der Waals surface area contributed by atoms with Crippen molar-refractivity contribution in [3.63, 3.8) is 0 Å². The summed E-state index contributed by atoms with van der Waals surface area (Å²) in [6, 6.07) is 3.96. The number of aromatic nitrogens is 1. The SMILES string of the molecule is Cc1ccc(OCCCCCNCC(C)C)cn1. The largest absolute Gasteiger partial charge is 0.492 e. The number of aryl methyl sites for hydroxylation is 1. The van der Waals surface area contributed by atoms with Gasteiger partial charge in [-0.05, 0) is 57.3 Å². The van der Waals surface area contributed by atoms with Crippen molar-refractivity contribution in [1.29, 1.82) is 0 Å². The lowest BCUT2D eigenvalue weighted by Crippen LogP contribution is -2.20. The first-order valence-corrected chi connectivity index (χ1v) is 6.94. The Morgan fingerprint density at radius 3 is 2.72 bits per heavy atom. The van der Waals surface area contributed by atoms with E-state index in [4.69, 9.17) is 4.74 Å². The summed E-state index contributed by atoms with van der Waals surface area (Å²) in [7, 11) is 0. The van der Waals surface area contributed by atoms with E-state index < -0.39 is 0 Å². The standard InChI is InChI=1S/C15H26N2O/c1-13(2)11-16-9-5-4-6-10-18-15-8-7-14(3)17-12-15/h7-8,12-13,16H,4-6,9-11H2,1-3H3. The molecule has 0 aliphatic rings. The van der Waals surface area contributed by atoms with Crippen molar-refractivity contribution in [1.82, 2.24) is 10.3 Å². The van der Waals surface area contributed by atoms with Crippen molar-refractivity contribution >= 4 is 0 Å². The van der Waals surface area contributed by atoms with Gasteiger partial charge in [-0.3, -0.25) is 4.98 Å². The third-order valence-electron chi connectivity index (χ3n) is 2.70. The van der Waals surface area contributed by atoms with Crippen molar-refractivity contribution in [3.8, 4) is 5.75 Å². The molecule has 3 nitrogen and oxygen atoms in total. The molecule has 0 spiro atoms. The van der Waals surface area contributed by atoms with Crippen LogP contribution in [-0.2, 0) is 0 Å². The predicted molar refractivity (Wildman–Crippen MR) is 76.0 cm³/mol. The van der Waals surface area contributed by atoms with Crippen LogP contribution in [0.25, 0.3) is 0 Å². The molecule has 1 aromatic rings. The van der Waals surface area contributed by atoms with E-state index in [-0.39, 0.29) is 0 Å². The van der Waals surface area contributed by atoms with Crippen LogP contribution >= 0.6 is 0 Å². The highest BCUT2D eigenvalue weighted by atomic mass is 16.5. The molecule has 1 aromatic heterocycles. The summed E-state index contributed by atoms with van der Waals surface area (Å²) in [5, 5.41) is 3.45. The van der Waals surface area contributed by atoms with Crippen molar-refractivity contribution in [3.05, 3.63) is 24.0 Å². The molecule has 0 aromatic carbocycles. The van der Waals surface area contributed by atoms with E-state index in [2.05, 4.69) is 24.1 Å². The van der Waals surface area contributed by atoms with Crippen LogP contribution in [0, 0.1) is 12.8 Å². The summed E-state index contributed by atoms with van der Waals surface area (Å²) in [4.78, 5) is 4.20. The van der Waals surface area contributed by atoms with Gasteiger partial charge in [-0.2, -0.15) is 0 Å². The Bertz CT molecular complexity index is 309. The van der Waals surface area contributed by atoms with Gasteiger partial charge in [-0.15, -0.1) is 0 Å². The maximum Gasteiger partial charge on any atom is 0.137 e. The molecule has 18 heavy (non-hydrogen) atoms. The number of pyridine rings is 1. The summed E-state index contributed by atoms with van der Waals surface area (Å²) in [6.45, 7) is 9.46. The fraction of sp³-hybridized carbons (Fsp3) is 0.667. The molecule has 1 rings (SSSR count). The quantitative estimate of drug-likeness (QED) is 0.683. The van der Waals surface area contributed by atoms with E-state index >= 15 is 0 Å². The summed E-state index contributed by atoms with van der Waals surface area (Å²) in [6.07, 6.45) is 5.34. The predicted octanol–water partition coefficient (Wildman–Crippen LogP) is 3.18. The molecule has 102 valence electrons. The van der Waals surface area contributed by atoms with Crippen LogP contribution in [0.5, 0.6) is 5.75 Å². The number of hydrogen-bond donors (Lipinski definition) is 1. The Morgan fingerprint density at radius 2 is 2.06 bits per heavy atom. The average molecular weight is 250 g/mol. The van der Waals surface area contributed by atoms with E-state index in [1.165, 1.54) is 12.8 Å². The molecule has 0 aliphatic carbocycles. The second-order valence-electron chi connectivity index (χ2n) is 5.14. The molecular weight excluding hydrogens is 224 g/mol. The van der Waals surface area contributed by atoms with Crippen molar-refractivity contribution in [2.45, 2.75) is 40.0 Å². The van der Waals surface area contributed by atoms with Crippen LogP contribution in [0.3, 0.4) is 0 Å². The number of nitrogens with one attached hydrogen (secondary N) is 1. The van der Waals surface area contributed by atoms with Gasteiger partial charge in [0.05, 0.1) is 12.8 Å². The van der Waals surface area contributed by atoms with Gasteiger partial charge in [0.25, 0.3) is 0 Å². The average Bonchev–Trinajstić information content (AvgIpc) is 2.34. The molecule has 0 aliphatic heterocycles. The summed E-state index contributed by atoms with van der Waals surface area (Å²) >= 11 is 0. The first-order valence-electron chi connectivity index (χ1n) is 6.94. The van der Waals surface area contributed by atoms with E-state index in [1.54, 1.807) is 6.20 Å². The molecule has 0 saturated heterocycles. The Morgan fingerprint density at radius 1 is 1.22 bits per heavy atom. The normalized spacial score (nSPS) is 10.9. The zero-order chi connectivity index (χ0) is 13.2. The number of ether oxygens (including phenoxy) is 1. The van der Waals surface area contributed by atoms with Gasteiger partial charge < -0.3 is 10.1 Å². The van der Waals surface area contributed by atoms with Crippen molar-refractivity contribution in [2.75, 3.05) is 19.7 Å². The number of rotatable bonds is 9. The highest BCUT2D eigenvalue weighted by molar-refractivity contribution is 5.18. The van der Waals surface area contributed by atoms with E-state index in [0.29, 0.717) is 0 Å².